The second-order valence-corrected chi connectivity index (χ2v) is 6.27. The number of imidazole rings is 1. The van der Waals surface area contributed by atoms with Crippen molar-refractivity contribution in [3.63, 3.8) is 0 Å². The van der Waals surface area contributed by atoms with Crippen LogP contribution < -0.4 is 5.32 Å². The summed E-state index contributed by atoms with van der Waals surface area (Å²) in [5, 5.41) is 6.16. The van der Waals surface area contributed by atoms with Gasteiger partial charge in [-0.05, 0) is 40.8 Å². The van der Waals surface area contributed by atoms with Crippen LogP contribution >= 0.6 is 45.5 Å². The van der Waals surface area contributed by atoms with Crippen LogP contribution in [0.15, 0.2) is 36.0 Å². The molecule has 0 spiro atoms. The van der Waals surface area contributed by atoms with Gasteiger partial charge in [0.1, 0.15) is 0 Å². The van der Waals surface area contributed by atoms with Gasteiger partial charge in [-0.1, -0.05) is 11.6 Å². The molecule has 1 N–H and O–H groups in total. The molecule has 0 radical (unpaired) electrons. The highest BCUT2D eigenvalue weighted by Crippen LogP contribution is 2.23. The monoisotopic (exact) mass is 389 g/mol. The van der Waals surface area contributed by atoms with E-state index in [0.717, 1.165) is 24.9 Å². The van der Waals surface area contributed by atoms with E-state index in [4.69, 9.17) is 11.6 Å². The van der Waals surface area contributed by atoms with Crippen LogP contribution in [0.25, 0.3) is 4.96 Å². The molecular weight excluding hydrogens is 381 g/mol. The molecular formula is C12H9ClIN3S. The number of nitrogens with one attached hydrogen (secondary N) is 1. The molecule has 0 amide bonds. The third-order valence-corrected chi connectivity index (χ3v) is 4.43. The average Bonchev–Trinajstić information content (AvgIpc) is 2.88. The van der Waals surface area contributed by atoms with Gasteiger partial charge in [-0.15, -0.1) is 11.3 Å². The number of fused-ring (bicyclic) bond motifs is 1. The maximum atomic E-state index is 5.93. The molecule has 6 heteroatoms. The lowest BCUT2D eigenvalue weighted by Crippen LogP contribution is -2.01. The van der Waals surface area contributed by atoms with Crippen molar-refractivity contribution in [1.29, 1.82) is 0 Å². The predicted molar refractivity (Wildman–Crippen MR) is 84.6 cm³/mol. The van der Waals surface area contributed by atoms with E-state index in [2.05, 4.69) is 32.9 Å². The fraction of sp³-hybridized carbons (Fsp3) is 0.0833. The number of rotatable bonds is 3. The van der Waals surface area contributed by atoms with E-state index < -0.39 is 0 Å². The van der Waals surface area contributed by atoms with Crippen LogP contribution in [-0.2, 0) is 6.54 Å². The number of thiazole rings is 1. The van der Waals surface area contributed by atoms with Gasteiger partial charge < -0.3 is 5.32 Å². The van der Waals surface area contributed by atoms with Gasteiger partial charge in [0.25, 0.3) is 0 Å². The van der Waals surface area contributed by atoms with Crippen molar-refractivity contribution >= 4 is 56.2 Å². The van der Waals surface area contributed by atoms with E-state index in [1.807, 2.05) is 40.4 Å². The highest BCUT2D eigenvalue weighted by atomic mass is 127. The van der Waals surface area contributed by atoms with E-state index in [1.54, 1.807) is 11.3 Å². The number of halogens is 2. The van der Waals surface area contributed by atoms with Crippen LogP contribution in [-0.4, -0.2) is 9.38 Å². The first-order valence-corrected chi connectivity index (χ1v) is 7.66. The van der Waals surface area contributed by atoms with E-state index in [0.29, 0.717) is 6.54 Å². The van der Waals surface area contributed by atoms with E-state index >= 15 is 0 Å². The summed E-state index contributed by atoms with van der Waals surface area (Å²) < 4.78 is 3.15. The van der Waals surface area contributed by atoms with Crippen molar-refractivity contribution in [2.24, 2.45) is 0 Å². The zero-order valence-corrected chi connectivity index (χ0v) is 13.0. The first-order valence-electron chi connectivity index (χ1n) is 5.32. The van der Waals surface area contributed by atoms with Crippen LogP contribution in [0.5, 0.6) is 0 Å². The normalized spacial score (nSPS) is 11.0. The molecule has 1 aromatic carbocycles. The molecule has 2 heterocycles. The van der Waals surface area contributed by atoms with Gasteiger partial charge in [0, 0.05) is 32.1 Å². The lowest BCUT2D eigenvalue weighted by molar-refractivity contribution is 1.08. The Labute approximate surface area is 127 Å². The number of anilines is 1. The van der Waals surface area contributed by atoms with E-state index in [-0.39, 0.29) is 0 Å². The smallest absolute Gasteiger partial charge is 0.193 e. The summed E-state index contributed by atoms with van der Waals surface area (Å²) >= 11 is 9.84. The minimum atomic E-state index is 0.714. The molecule has 0 atom stereocenters. The Hall–Kier alpha value is -0.790. The standard InChI is InChI=1S/C12H9ClIN3S/c13-8-1-2-11(10(14)5-8)15-6-9-7-17-3-4-18-12(17)16-9/h1-5,7,15H,6H2. The molecule has 18 heavy (non-hydrogen) atoms. The number of benzene rings is 1. The number of nitrogens with zero attached hydrogens (tertiary/aromatic N) is 2. The number of hydrogen-bond acceptors (Lipinski definition) is 3. The first-order chi connectivity index (χ1) is 8.72. The highest BCUT2D eigenvalue weighted by molar-refractivity contribution is 14.1. The van der Waals surface area contributed by atoms with Crippen molar-refractivity contribution in [1.82, 2.24) is 9.38 Å². The largest absolute Gasteiger partial charge is 0.378 e. The zero-order chi connectivity index (χ0) is 12.5. The van der Waals surface area contributed by atoms with Crippen LogP contribution in [0.4, 0.5) is 5.69 Å². The lowest BCUT2D eigenvalue weighted by Gasteiger charge is -2.07. The second-order valence-electron chi connectivity index (χ2n) is 3.80. The van der Waals surface area contributed by atoms with Crippen molar-refractivity contribution in [2.75, 3.05) is 5.32 Å². The summed E-state index contributed by atoms with van der Waals surface area (Å²) in [5.74, 6) is 0. The summed E-state index contributed by atoms with van der Waals surface area (Å²) in [6.07, 6.45) is 4.06. The van der Waals surface area contributed by atoms with Crippen LogP contribution in [0, 0.1) is 3.57 Å². The first kappa shape index (κ1) is 12.3. The topological polar surface area (TPSA) is 29.3 Å². The molecule has 0 unspecified atom stereocenters. The SMILES string of the molecule is Clc1ccc(NCc2cn3ccsc3n2)c(I)c1. The Morgan fingerprint density at radius 2 is 2.33 bits per heavy atom. The van der Waals surface area contributed by atoms with E-state index in [1.165, 1.54) is 0 Å². The summed E-state index contributed by atoms with van der Waals surface area (Å²) in [7, 11) is 0. The third kappa shape index (κ3) is 2.48. The van der Waals surface area contributed by atoms with Crippen LogP contribution in [0.2, 0.25) is 5.02 Å². The van der Waals surface area contributed by atoms with Gasteiger partial charge >= 0.3 is 0 Å². The molecule has 0 aliphatic carbocycles. The summed E-state index contributed by atoms with van der Waals surface area (Å²) in [4.78, 5) is 5.55. The quantitative estimate of drug-likeness (QED) is 0.678. The fourth-order valence-corrected chi connectivity index (χ4v) is 3.46. The van der Waals surface area contributed by atoms with Crippen molar-refractivity contribution in [2.45, 2.75) is 6.54 Å². The molecule has 3 rings (SSSR count). The Morgan fingerprint density at radius 3 is 3.11 bits per heavy atom. The van der Waals surface area contributed by atoms with Gasteiger partial charge in [0.2, 0.25) is 0 Å². The molecule has 0 aliphatic heterocycles. The van der Waals surface area contributed by atoms with Gasteiger partial charge in [0.15, 0.2) is 4.96 Å². The van der Waals surface area contributed by atoms with Gasteiger partial charge in [-0.25, -0.2) is 4.98 Å². The summed E-state index contributed by atoms with van der Waals surface area (Å²) in [5.41, 5.74) is 2.11. The van der Waals surface area contributed by atoms with Gasteiger partial charge in [-0.3, -0.25) is 4.40 Å². The molecule has 0 aliphatic rings. The Morgan fingerprint density at radius 1 is 1.44 bits per heavy atom. The third-order valence-electron chi connectivity index (χ3n) is 2.53. The molecule has 92 valence electrons. The van der Waals surface area contributed by atoms with Crippen molar-refractivity contribution in [3.8, 4) is 0 Å². The van der Waals surface area contributed by atoms with Crippen molar-refractivity contribution < 1.29 is 0 Å². The number of hydrogen-bond donors (Lipinski definition) is 1. The van der Waals surface area contributed by atoms with Gasteiger partial charge in [0.05, 0.1) is 12.2 Å². The average molecular weight is 390 g/mol. The molecule has 0 bridgehead atoms. The molecule has 0 fully saturated rings. The maximum absolute atomic E-state index is 5.93. The molecule has 3 aromatic rings. The number of aromatic nitrogens is 2. The molecule has 0 saturated carbocycles. The molecule has 0 saturated heterocycles. The van der Waals surface area contributed by atoms with Gasteiger partial charge in [-0.2, -0.15) is 0 Å². The lowest BCUT2D eigenvalue weighted by atomic mass is 10.3. The minimum absolute atomic E-state index is 0.714. The fourth-order valence-electron chi connectivity index (χ4n) is 1.68. The Balaban J connectivity index is 1.76. The Kier molecular flexibility index (Phi) is 3.45. The maximum Gasteiger partial charge on any atom is 0.193 e. The second kappa shape index (κ2) is 5.07. The predicted octanol–water partition coefficient (Wildman–Crippen LogP) is 4.27. The summed E-state index contributed by atoms with van der Waals surface area (Å²) in [6.45, 7) is 0.714. The van der Waals surface area contributed by atoms with Crippen molar-refractivity contribution in [3.05, 3.63) is 50.3 Å². The molecule has 2 aromatic heterocycles. The van der Waals surface area contributed by atoms with E-state index in [9.17, 15) is 0 Å². The van der Waals surface area contributed by atoms with Crippen LogP contribution in [0.3, 0.4) is 0 Å². The van der Waals surface area contributed by atoms with Crippen LogP contribution in [0.1, 0.15) is 5.69 Å². The zero-order valence-electron chi connectivity index (χ0n) is 9.23. The minimum Gasteiger partial charge on any atom is -0.378 e. The summed E-state index contributed by atoms with van der Waals surface area (Å²) in [6, 6.07) is 5.82. The molecule has 3 nitrogen and oxygen atoms in total. The Bertz CT molecular complexity index is 663. The highest BCUT2D eigenvalue weighted by Gasteiger charge is 2.04.